The van der Waals surface area contributed by atoms with E-state index in [1.807, 2.05) is 0 Å². The van der Waals surface area contributed by atoms with Crippen molar-refractivity contribution in [2.45, 2.75) is 6.42 Å². The average Bonchev–Trinajstić information content (AvgIpc) is 2.87. The van der Waals surface area contributed by atoms with Crippen LogP contribution in [0.4, 0.5) is 22.0 Å². The number of rotatable bonds is 3. The molecule has 0 aliphatic rings. The number of aromatic amines is 1. The van der Waals surface area contributed by atoms with Gasteiger partial charge in [-0.3, -0.25) is 4.79 Å². The summed E-state index contributed by atoms with van der Waals surface area (Å²) in [5.74, 6) is -12.1. The van der Waals surface area contributed by atoms with Crippen LogP contribution in [0.25, 0.3) is 0 Å². The molecule has 1 N–H and O–H groups in total. The van der Waals surface area contributed by atoms with Crippen LogP contribution in [0.2, 0.25) is 0 Å². The molecule has 0 saturated carbocycles. The highest BCUT2D eigenvalue weighted by molar-refractivity contribution is 5.97. The third-order valence-corrected chi connectivity index (χ3v) is 2.37. The summed E-state index contributed by atoms with van der Waals surface area (Å²) >= 11 is 0. The maximum atomic E-state index is 13.3. The van der Waals surface area contributed by atoms with Crippen molar-refractivity contribution in [2.75, 3.05) is 0 Å². The number of ketones is 1. The summed E-state index contributed by atoms with van der Waals surface area (Å²) < 4.78 is 65.2. The fraction of sp³-hybridized carbons (Fsp3) is 0.0909. The first-order valence-electron chi connectivity index (χ1n) is 4.96. The molecule has 19 heavy (non-hydrogen) atoms. The number of H-pyrrole nitrogens is 1. The predicted octanol–water partition coefficient (Wildman–Crippen LogP) is 2.53. The van der Waals surface area contributed by atoms with E-state index in [0.29, 0.717) is 0 Å². The van der Waals surface area contributed by atoms with E-state index in [2.05, 4.69) is 9.97 Å². The lowest BCUT2D eigenvalue weighted by molar-refractivity contribution is 0.0979. The molecule has 1 aromatic carbocycles. The lowest BCUT2D eigenvalue weighted by Crippen LogP contribution is -2.15. The van der Waals surface area contributed by atoms with E-state index in [0.717, 1.165) is 0 Å². The molecular formula is C11H5F5N2O. The molecule has 100 valence electrons. The van der Waals surface area contributed by atoms with E-state index in [4.69, 9.17) is 0 Å². The van der Waals surface area contributed by atoms with Gasteiger partial charge in [0.05, 0.1) is 12.0 Å². The molecule has 0 bridgehead atoms. The third kappa shape index (κ3) is 2.20. The van der Waals surface area contributed by atoms with E-state index in [1.54, 1.807) is 0 Å². The number of nitrogens with one attached hydrogen (secondary N) is 1. The van der Waals surface area contributed by atoms with Crippen LogP contribution in [-0.4, -0.2) is 15.8 Å². The second kappa shape index (κ2) is 4.79. The number of carbonyl (C=O) groups is 1. The van der Waals surface area contributed by atoms with E-state index in [1.165, 1.54) is 12.4 Å². The fourth-order valence-corrected chi connectivity index (χ4v) is 1.48. The van der Waals surface area contributed by atoms with Crippen LogP contribution in [0.1, 0.15) is 16.2 Å². The Labute approximate surface area is 103 Å². The highest BCUT2D eigenvalue weighted by Gasteiger charge is 2.29. The molecule has 0 spiro atoms. The van der Waals surface area contributed by atoms with Crippen LogP contribution in [0.5, 0.6) is 0 Å². The summed E-state index contributed by atoms with van der Waals surface area (Å²) in [6.07, 6.45) is 2.02. The molecule has 1 aromatic heterocycles. The quantitative estimate of drug-likeness (QED) is 0.405. The summed E-state index contributed by atoms with van der Waals surface area (Å²) in [5, 5.41) is 0. The molecule has 3 nitrogen and oxygen atoms in total. The molecule has 2 rings (SSSR count). The second-order valence-electron chi connectivity index (χ2n) is 3.58. The largest absolute Gasteiger partial charge is 0.348 e. The van der Waals surface area contributed by atoms with Crippen LogP contribution in [0, 0.1) is 29.1 Å². The van der Waals surface area contributed by atoms with Gasteiger partial charge in [0.15, 0.2) is 29.1 Å². The summed E-state index contributed by atoms with van der Waals surface area (Å²) in [6, 6.07) is 0. The maximum absolute atomic E-state index is 13.3. The molecule has 0 fully saturated rings. The lowest BCUT2D eigenvalue weighted by Gasteiger charge is -2.06. The van der Waals surface area contributed by atoms with Crippen molar-refractivity contribution in [3.8, 4) is 0 Å². The van der Waals surface area contributed by atoms with Gasteiger partial charge in [-0.1, -0.05) is 0 Å². The lowest BCUT2D eigenvalue weighted by atomic mass is 10.1. The molecule has 1 heterocycles. The fourth-order valence-electron chi connectivity index (χ4n) is 1.48. The first kappa shape index (κ1) is 13.2. The summed E-state index contributed by atoms with van der Waals surface area (Å²) in [5.41, 5.74) is -1.46. The summed E-state index contributed by atoms with van der Waals surface area (Å²) in [4.78, 5) is 17.7. The zero-order chi connectivity index (χ0) is 14.2. The predicted molar refractivity (Wildman–Crippen MR) is 52.9 cm³/mol. The van der Waals surface area contributed by atoms with E-state index < -0.39 is 46.9 Å². The molecule has 2 aromatic rings. The third-order valence-electron chi connectivity index (χ3n) is 2.37. The van der Waals surface area contributed by atoms with Crippen LogP contribution < -0.4 is 0 Å². The number of Topliss-reactive ketones (excluding diaryl/α,β-unsaturated/α-hetero) is 1. The number of benzene rings is 1. The number of carbonyl (C=O) groups excluding carboxylic acids is 1. The van der Waals surface area contributed by atoms with Crippen molar-refractivity contribution < 1.29 is 26.7 Å². The standard InChI is InChI=1S/C11H5F5N2O/c12-7-6(4(19)3-5-17-1-2-18-5)8(13)10(15)11(16)9(7)14/h1-2H,3H2,(H,17,18). The number of halogens is 5. The van der Waals surface area contributed by atoms with Gasteiger partial charge in [0.2, 0.25) is 5.82 Å². The first-order chi connectivity index (χ1) is 8.93. The highest BCUT2D eigenvalue weighted by Crippen LogP contribution is 2.23. The van der Waals surface area contributed by atoms with E-state index in [-0.39, 0.29) is 5.82 Å². The van der Waals surface area contributed by atoms with Crippen molar-refractivity contribution in [3.63, 3.8) is 0 Å². The molecule has 0 amide bonds. The van der Waals surface area contributed by atoms with Gasteiger partial charge in [-0.2, -0.15) is 0 Å². The Morgan fingerprint density at radius 2 is 1.53 bits per heavy atom. The van der Waals surface area contributed by atoms with Crippen molar-refractivity contribution in [3.05, 3.63) is 52.9 Å². The number of nitrogens with zero attached hydrogens (tertiary/aromatic N) is 1. The van der Waals surface area contributed by atoms with Gasteiger partial charge in [-0.05, 0) is 0 Å². The van der Waals surface area contributed by atoms with Gasteiger partial charge < -0.3 is 4.98 Å². The Balaban J connectivity index is 2.48. The van der Waals surface area contributed by atoms with E-state index in [9.17, 15) is 26.7 Å². The second-order valence-corrected chi connectivity index (χ2v) is 3.58. The van der Waals surface area contributed by atoms with Crippen molar-refractivity contribution in [2.24, 2.45) is 0 Å². The molecule has 0 aliphatic heterocycles. The van der Waals surface area contributed by atoms with Crippen LogP contribution in [0.15, 0.2) is 12.4 Å². The zero-order valence-corrected chi connectivity index (χ0v) is 9.11. The minimum atomic E-state index is -2.30. The van der Waals surface area contributed by atoms with Gasteiger partial charge in [-0.15, -0.1) is 0 Å². The Kier molecular flexibility index (Phi) is 3.32. The van der Waals surface area contributed by atoms with Crippen molar-refractivity contribution in [1.82, 2.24) is 9.97 Å². The number of aromatic nitrogens is 2. The SMILES string of the molecule is O=C(Cc1ncc[nH]1)c1c(F)c(F)c(F)c(F)c1F. The zero-order valence-electron chi connectivity index (χ0n) is 9.11. The van der Waals surface area contributed by atoms with Crippen molar-refractivity contribution >= 4 is 5.78 Å². The van der Waals surface area contributed by atoms with E-state index >= 15 is 0 Å². The number of imidazole rings is 1. The molecular weight excluding hydrogens is 271 g/mol. The topological polar surface area (TPSA) is 45.8 Å². The number of hydrogen-bond donors (Lipinski definition) is 1. The average molecular weight is 276 g/mol. The molecule has 0 aliphatic carbocycles. The molecule has 0 saturated heterocycles. The Bertz CT molecular complexity index is 610. The van der Waals surface area contributed by atoms with Gasteiger partial charge in [-0.25, -0.2) is 26.9 Å². The van der Waals surface area contributed by atoms with Crippen LogP contribution in [0.3, 0.4) is 0 Å². The van der Waals surface area contributed by atoms with Gasteiger partial charge >= 0.3 is 0 Å². The van der Waals surface area contributed by atoms with Gasteiger partial charge in [0.25, 0.3) is 0 Å². The van der Waals surface area contributed by atoms with Crippen LogP contribution in [-0.2, 0) is 6.42 Å². The molecule has 0 radical (unpaired) electrons. The van der Waals surface area contributed by atoms with Gasteiger partial charge in [0.1, 0.15) is 5.82 Å². The maximum Gasteiger partial charge on any atom is 0.200 e. The monoisotopic (exact) mass is 276 g/mol. The normalized spacial score (nSPS) is 10.8. The Morgan fingerprint density at radius 3 is 2.00 bits per heavy atom. The summed E-state index contributed by atoms with van der Waals surface area (Å²) in [7, 11) is 0. The van der Waals surface area contributed by atoms with Gasteiger partial charge in [0, 0.05) is 12.4 Å². The highest BCUT2D eigenvalue weighted by atomic mass is 19.2. The smallest absolute Gasteiger partial charge is 0.200 e. The Morgan fingerprint density at radius 1 is 1.00 bits per heavy atom. The Hall–Kier alpha value is -2.25. The minimum absolute atomic E-state index is 0.0499. The van der Waals surface area contributed by atoms with Crippen molar-refractivity contribution in [1.29, 1.82) is 0 Å². The minimum Gasteiger partial charge on any atom is -0.348 e. The molecule has 0 unspecified atom stereocenters. The number of hydrogen-bond acceptors (Lipinski definition) is 2. The summed E-state index contributed by atoms with van der Waals surface area (Å²) in [6.45, 7) is 0. The van der Waals surface area contributed by atoms with Crippen LogP contribution >= 0.6 is 0 Å². The first-order valence-corrected chi connectivity index (χ1v) is 4.96. The molecule has 8 heteroatoms. The molecule has 0 atom stereocenters.